The number of hydrogen-bond donors (Lipinski definition) is 2. The van der Waals surface area contributed by atoms with Crippen LogP contribution in [0.2, 0.25) is 0 Å². The smallest absolute Gasteiger partial charge is 0.221 e. The average Bonchev–Trinajstić information content (AvgIpc) is 2.50. The maximum absolute atomic E-state index is 11.4. The minimum Gasteiger partial charge on any atom is -0.341 e. The molecule has 0 fully saturated rings. The molecule has 138 valence electrons. The Bertz CT molecular complexity index is 254. The van der Waals surface area contributed by atoms with Crippen molar-refractivity contribution in [2.75, 3.05) is 0 Å². The van der Waals surface area contributed by atoms with E-state index in [0.29, 0.717) is 6.42 Å². The van der Waals surface area contributed by atoms with Gasteiger partial charge in [0.25, 0.3) is 0 Å². The van der Waals surface area contributed by atoms with Crippen molar-refractivity contribution in [3.8, 4) is 0 Å². The monoisotopic (exact) mass is 326 g/mol. The van der Waals surface area contributed by atoms with Gasteiger partial charge in [-0.1, -0.05) is 96.8 Å². The number of nitrogens with one attached hydrogen (secondary N) is 1. The standard InChI is InChI=1S/C20H42N2O/c1-3-4-5-6-7-8-9-10-11-12-13-14-15-16-17-18-20(23)22-19(2)21/h19H,3-18,21H2,1-2H3,(H,22,23). The zero-order chi connectivity index (χ0) is 17.2. The molecule has 0 saturated carbocycles. The average molecular weight is 327 g/mol. The molecule has 0 aliphatic heterocycles. The third-order valence-electron chi connectivity index (χ3n) is 4.40. The third-order valence-corrected chi connectivity index (χ3v) is 4.40. The van der Waals surface area contributed by atoms with Gasteiger partial charge in [-0.25, -0.2) is 0 Å². The summed E-state index contributed by atoms with van der Waals surface area (Å²) in [6, 6.07) is 0. The predicted octanol–water partition coefficient (Wildman–Crippen LogP) is 5.67. The van der Waals surface area contributed by atoms with Crippen molar-refractivity contribution in [1.82, 2.24) is 5.32 Å². The van der Waals surface area contributed by atoms with Gasteiger partial charge in [0.2, 0.25) is 5.91 Å². The van der Waals surface area contributed by atoms with Crippen LogP contribution in [0.5, 0.6) is 0 Å². The van der Waals surface area contributed by atoms with E-state index >= 15 is 0 Å². The number of unbranched alkanes of at least 4 members (excludes halogenated alkanes) is 14. The molecule has 0 aromatic heterocycles. The van der Waals surface area contributed by atoms with Crippen LogP contribution in [0.15, 0.2) is 0 Å². The summed E-state index contributed by atoms with van der Waals surface area (Å²) in [6.45, 7) is 4.07. The highest BCUT2D eigenvalue weighted by molar-refractivity contribution is 5.75. The van der Waals surface area contributed by atoms with E-state index in [0.717, 1.165) is 6.42 Å². The second-order valence-electron chi connectivity index (χ2n) is 7.06. The summed E-state index contributed by atoms with van der Waals surface area (Å²) in [5, 5.41) is 2.73. The molecular weight excluding hydrogens is 284 g/mol. The first kappa shape index (κ1) is 22.4. The highest BCUT2D eigenvalue weighted by Gasteiger charge is 2.02. The Balaban J connectivity index is 3.06. The van der Waals surface area contributed by atoms with Crippen LogP contribution in [-0.4, -0.2) is 12.1 Å². The third kappa shape index (κ3) is 19.4. The van der Waals surface area contributed by atoms with E-state index in [1.165, 1.54) is 89.9 Å². The fourth-order valence-corrected chi connectivity index (χ4v) is 2.98. The first-order valence-electron chi connectivity index (χ1n) is 10.2. The molecule has 1 amide bonds. The summed E-state index contributed by atoms with van der Waals surface area (Å²) >= 11 is 0. The van der Waals surface area contributed by atoms with Crippen LogP contribution in [0.3, 0.4) is 0 Å². The Kier molecular flexibility index (Phi) is 17.3. The first-order valence-corrected chi connectivity index (χ1v) is 10.2. The molecule has 0 saturated heterocycles. The van der Waals surface area contributed by atoms with Gasteiger partial charge in [-0.2, -0.15) is 0 Å². The number of amides is 1. The molecule has 0 heterocycles. The summed E-state index contributed by atoms with van der Waals surface area (Å²) in [5.41, 5.74) is 5.52. The quantitative estimate of drug-likeness (QED) is 0.267. The van der Waals surface area contributed by atoms with Crippen LogP contribution >= 0.6 is 0 Å². The van der Waals surface area contributed by atoms with Gasteiger partial charge in [-0.05, 0) is 13.3 Å². The molecule has 0 aromatic rings. The van der Waals surface area contributed by atoms with E-state index in [4.69, 9.17) is 5.73 Å². The topological polar surface area (TPSA) is 55.1 Å². The van der Waals surface area contributed by atoms with Crippen molar-refractivity contribution in [2.24, 2.45) is 5.73 Å². The molecule has 0 bridgehead atoms. The van der Waals surface area contributed by atoms with Crippen molar-refractivity contribution < 1.29 is 4.79 Å². The molecule has 0 rings (SSSR count). The highest BCUT2D eigenvalue weighted by Crippen LogP contribution is 2.13. The van der Waals surface area contributed by atoms with E-state index in [-0.39, 0.29) is 12.1 Å². The second kappa shape index (κ2) is 17.8. The minimum absolute atomic E-state index is 0.0923. The van der Waals surface area contributed by atoms with Crippen LogP contribution < -0.4 is 11.1 Å². The fourth-order valence-electron chi connectivity index (χ4n) is 2.98. The van der Waals surface area contributed by atoms with Crippen molar-refractivity contribution in [1.29, 1.82) is 0 Å². The molecule has 0 aromatic carbocycles. The summed E-state index contributed by atoms with van der Waals surface area (Å²) < 4.78 is 0. The molecule has 0 radical (unpaired) electrons. The van der Waals surface area contributed by atoms with Crippen molar-refractivity contribution in [3.05, 3.63) is 0 Å². The maximum atomic E-state index is 11.4. The lowest BCUT2D eigenvalue weighted by Crippen LogP contribution is -2.38. The summed E-state index contributed by atoms with van der Waals surface area (Å²) in [4.78, 5) is 11.4. The number of carbonyl (C=O) groups excluding carboxylic acids is 1. The molecule has 3 nitrogen and oxygen atoms in total. The summed E-state index contributed by atoms with van der Waals surface area (Å²) in [7, 11) is 0. The molecule has 0 spiro atoms. The SMILES string of the molecule is CCCCCCCCCCCCCCCCCC(=O)NC(C)N. The largest absolute Gasteiger partial charge is 0.341 e. The summed E-state index contributed by atoms with van der Waals surface area (Å²) in [5.74, 6) is 0.0923. The van der Waals surface area contributed by atoms with E-state index in [1.807, 2.05) is 0 Å². The molecule has 0 aliphatic rings. The van der Waals surface area contributed by atoms with Gasteiger partial charge >= 0.3 is 0 Å². The Morgan fingerprint density at radius 1 is 0.739 bits per heavy atom. The highest BCUT2D eigenvalue weighted by atomic mass is 16.1. The lowest BCUT2D eigenvalue weighted by atomic mass is 10.0. The molecule has 3 heteroatoms. The molecule has 23 heavy (non-hydrogen) atoms. The van der Waals surface area contributed by atoms with Crippen LogP contribution in [-0.2, 0) is 4.79 Å². The normalized spacial score (nSPS) is 12.3. The van der Waals surface area contributed by atoms with E-state index in [2.05, 4.69) is 12.2 Å². The zero-order valence-electron chi connectivity index (χ0n) is 15.9. The van der Waals surface area contributed by atoms with Gasteiger partial charge in [0.05, 0.1) is 6.17 Å². The first-order chi connectivity index (χ1) is 11.2. The predicted molar refractivity (Wildman–Crippen MR) is 101 cm³/mol. The zero-order valence-corrected chi connectivity index (χ0v) is 15.9. The molecule has 1 unspecified atom stereocenters. The Labute approximate surface area is 145 Å². The Morgan fingerprint density at radius 3 is 1.43 bits per heavy atom. The Morgan fingerprint density at radius 2 is 1.09 bits per heavy atom. The molecule has 1 atom stereocenters. The Hall–Kier alpha value is -0.570. The lowest BCUT2D eigenvalue weighted by molar-refractivity contribution is -0.121. The minimum atomic E-state index is -0.223. The van der Waals surface area contributed by atoms with Gasteiger partial charge in [0.1, 0.15) is 0 Å². The van der Waals surface area contributed by atoms with Gasteiger partial charge in [-0.15, -0.1) is 0 Å². The van der Waals surface area contributed by atoms with Crippen molar-refractivity contribution >= 4 is 5.91 Å². The number of nitrogens with two attached hydrogens (primary N) is 1. The lowest BCUT2D eigenvalue weighted by Gasteiger charge is -2.07. The van der Waals surface area contributed by atoms with Gasteiger partial charge in [0.15, 0.2) is 0 Å². The fraction of sp³-hybridized carbons (Fsp3) is 0.950. The van der Waals surface area contributed by atoms with Crippen LogP contribution in [0.4, 0.5) is 0 Å². The van der Waals surface area contributed by atoms with Gasteiger partial charge in [0, 0.05) is 6.42 Å². The maximum Gasteiger partial charge on any atom is 0.221 e. The second-order valence-corrected chi connectivity index (χ2v) is 7.06. The number of carbonyl (C=O) groups is 1. The number of rotatable bonds is 17. The number of hydrogen-bond acceptors (Lipinski definition) is 2. The van der Waals surface area contributed by atoms with Crippen LogP contribution in [0, 0.1) is 0 Å². The van der Waals surface area contributed by atoms with E-state index in [9.17, 15) is 4.79 Å². The van der Waals surface area contributed by atoms with Crippen molar-refractivity contribution in [2.45, 2.75) is 123 Å². The van der Waals surface area contributed by atoms with Gasteiger partial charge in [-0.3, -0.25) is 4.79 Å². The van der Waals surface area contributed by atoms with E-state index in [1.54, 1.807) is 6.92 Å². The molecular formula is C20H42N2O. The van der Waals surface area contributed by atoms with Crippen LogP contribution in [0.25, 0.3) is 0 Å². The van der Waals surface area contributed by atoms with Gasteiger partial charge < -0.3 is 11.1 Å². The van der Waals surface area contributed by atoms with E-state index < -0.39 is 0 Å². The van der Waals surface area contributed by atoms with Crippen molar-refractivity contribution in [3.63, 3.8) is 0 Å². The molecule has 0 aliphatic carbocycles. The summed E-state index contributed by atoms with van der Waals surface area (Å²) in [6.07, 6.45) is 20.7. The molecule has 3 N–H and O–H groups in total. The van der Waals surface area contributed by atoms with Crippen LogP contribution in [0.1, 0.15) is 117 Å².